The van der Waals surface area contributed by atoms with Crippen molar-refractivity contribution in [1.29, 1.82) is 0 Å². The number of benzene rings is 4. The van der Waals surface area contributed by atoms with Gasteiger partial charge in [0.05, 0.1) is 18.0 Å². The Balaban J connectivity index is 1.80. The molecule has 0 saturated heterocycles. The van der Waals surface area contributed by atoms with Gasteiger partial charge in [-0.15, -0.1) is 0 Å². The van der Waals surface area contributed by atoms with Crippen molar-refractivity contribution in [1.82, 2.24) is 9.79 Å². The second-order valence-corrected chi connectivity index (χ2v) is 13.6. The molecule has 0 saturated carbocycles. The maximum atomic E-state index is 14.8. The summed E-state index contributed by atoms with van der Waals surface area (Å²) in [6.07, 6.45) is 0. The molecule has 0 spiro atoms. The van der Waals surface area contributed by atoms with Gasteiger partial charge in [-0.05, 0) is 65.1 Å². The number of sulfonamides is 1. The maximum Gasteiger partial charge on any atom is 0.274 e. The van der Waals surface area contributed by atoms with E-state index in [1.165, 1.54) is 29.7 Å². The highest BCUT2D eigenvalue weighted by molar-refractivity contribution is 7.89. The molecular formula is C33H29F6N3O5S. The molecule has 2 N–H and O–H groups in total. The number of hydroxylamine groups is 1. The van der Waals surface area contributed by atoms with Crippen LogP contribution in [0, 0.1) is 34.9 Å². The number of halogens is 6. The number of carbonyl (C=O) groups excluding carboxylic acids is 2. The number of rotatable bonds is 10. The van der Waals surface area contributed by atoms with Crippen LogP contribution in [0.1, 0.15) is 47.8 Å². The van der Waals surface area contributed by atoms with Gasteiger partial charge < -0.3 is 4.90 Å². The molecule has 15 heteroatoms. The number of hydrogen-bond donors (Lipinski definition) is 2. The van der Waals surface area contributed by atoms with E-state index < -0.39 is 80.3 Å². The Morgan fingerprint density at radius 1 is 0.729 bits per heavy atom. The molecule has 0 radical (unpaired) electrons. The molecule has 4 aromatic carbocycles. The fourth-order valence-corrected chi connectivity index (χ4v) is 6.01. The van der Waals surface area contributed by atoms with Gasteiger partial charge in [-0.3, -0.25) is 14.8 Å². The van der Waals surface area contributed by atoms with Crippen LogP contribution in [-0.2, 0) is 33.3 Å². The highest BCUT2D eigenvalue weighted by Gasteiger charge is 2.34. The lowest BCUT2D eigenvalue weighted by Gasteiger charge is -2.28. The highest BCUT2D eigenvalue weighted by Crippen LogP contribution is 2.28. The zero-order valence-corrected chi connectivity index (χ0v) is 26.5. The standard InChI is InChI=1S/C33H29F6N3O5S/c1-33(2,3)21-8-4-19(5-9-21)16-42(23-12-6-20(7-13-23)32(44)40-45)26(43)18-41(48(46,47)24-14-10-22(34)11-15-24)17-25-27(35)29(37)31(39)30(38)28(25)36/h4-15,45H,16-18H2,1-3H3,(H,40,44). The van der Waals surface area contributed by atoms with Gasteiger partial charge in [0, 0.05) is 23.4 Å². The van der Waals surface area contributed by atoms with Crippen molar-refractivity contribution in [3.63, 3.8) is 0 Å². The molecule has 0 aliphatic heterocycles. The predicted octanol–water partition coefficient (Wildman–Crippen LogP) is 6.36. The van der Waals surface area contributed by atoms with E-state index in [2.05, 4.69) is 0 Å². The van der Waals surface area contributed by atoms with Crippen LogP contribution in [-0.4, -0.2) is 36.3 Å². The predicted molar refractivity (Wildman–Crippen MR) is 162 cm³/mol. The number of amides is 2. The molecule has 4 rings (SSSR count). The van der Waals surface area contributed by atoms with Crippen LogP contribution in [0.2, 0.25) is 0 Å². The third-order valence-electron chi connectivity index (χ3n) is 7.40. The van der Waals surface area contributed by atoms with Gasteiger partial charge in [-0.2, -0.15) is 4.31 Å². The van der Waals surface area contributed by atoms with E-state index in [1.807, 2.05) is 32.9 Å². The smallest absolute Gasteiger partial charge is 0.274 e. The van der Waals surface area contributed by atoms with Gasteiger partial charge >= 0.3 is 0 Å². The molecule has 0 heterocycles. The minimum atomic E-state index is -4.95. The van der Waals surface area contributed by atoms with E-state index in [4.69, 9.17) is 5.21 Å². The maximum absolute atomic E-state index is 14.8. The highest BCUT2D eigenvalue weighted by atomic mass is 32.2. The van der Waals surface area contributed by atoms with Gasteiger partial charge in [0.1, 0.15) is 5.82 Å². The van der Waals surface area contributed by atoms with Crippen LogP contribution in [0.3, 0.4) is 0 Å². The zero-order valence-electron chi connectivity index (χ0n) is 25.7. The Morgan fingerprint density at radius 2 is 1.25 bits per heavy atom. The largest absolute Gasteiger partial charge is 0.307 e. The summed E-state index contributed by atoms with van der Waals surface area (Å²) in [6, 6.07) is 15.4. The summed E-state index contributed by atoms with van der Waals surface area (Å²) in [7, 11) is -4.95. The van der Waals surface area contributed by atoms with Crippen LogP contribution in [0.5, 0.6) is 0 Å². The first-order valence-corrected chi connectivity index (χ1v) is 15.6. The molecule has 0 aliphatic carbocycles. The number of carbonyl (C=O) groups is 2. The average molecular weight is 694 g/mol. The monoisotopic (exact) mass is 693 g/mol. The van der Waals surface area contributed by atoms with Crippen molar-refractivity contribution < 1.29 is 49.6 Å². The van der Waals surface area contributed by atoms with Crippen molar-refractivity contribution >= 4 is 27.5 Å². The lowest BCUT2D eigenvalue weighted by molar-refractivity contribution is -0.119. The minimum absolute atomic E-state index is 0.00462. The first kappa shape index (κ1) is 36.1. The molecule has 254 valence electrons. The van der Waals surface area contributed by atoms with Gasteiger partial charge in [-0.1, -0.05) is 45.0 Å². The first-order chi connectivity index (χ1) is 22.4. The molecule has 0 fully saturated rings. The van der Waals surface area contributed by atoms with E-state index in [0.717, 1.165) is 34.7 Å². The SMILES string of the molecule is CC(C)(C)c1ccc(CN(C(=O)CN(Cc2c(F)c(F)c(F)c(F)c2F)S(=O)(=O)c2ccc(F)cc2)c2ccc(C(=O)NO)cc2)cc1. The van der Waals surface area contributed by atoms with Crippen LogP contribution >= 0.6 is 0 Å². The summed E-state index contributed by atoms with van der Waals surface area (Å²) in [5.41, 5.74) is 1.36. The van der Waals surface area contributed by atoms with Crippen LogP contribution < -0.4 is 10.4 Å². The van der Waals surface area contributed by atoms with Crippen LogP contribution in [0.4, 0.5) is 32.0 Å². The average Bonchev–Trinajstić information content (AvgIpc) is 3.06. The lowest BCUT2D eigenvalue weighted by Crippen LogP contribution is -2.43. The molecule has 8 nitrogen and oxygen atoms in total. The second-order valence-electron chi connectivity index (χ2n) is 11.7. The number of anilines is 1. The third kappa shape index (κ3) is 7.69. The quantitative estimate of drug-likeness (QED) is 0.0661. The van der Waals surface area contributed by atoms with E-state index in [-0.39, 0.29) is 27.5 Å². The van der Waals surface area contributed by atoms with Gasteiger partial charge in [-0.25, -0.2) is 40.2 Å². The summed E-state index contributed by atoms with van der Waals surface area (Å²) in [4.78, 5) is 26.3. The second kappa shape index (κ2) is 14.2. The van der Waals surface area contributed by atoms with Crippen molar-refractivity contribution in [2.24, 2.45) is 0 Å². The minimum Gasteiger partial charge on any atom is -0.307 e. The fraction of sp³-hybridized carbons (Fsp3) is 0.212. The van der Waals surface area contributed by atoms with Gasteiger partial charge in [0.2, 0.25) is 21.7 Å². The van der Waals surface area contributed by atoms with Crippen molar-refractivity contribution in [2.75, 3.05) is 11.4 Å². The summed E-state index contributed by atoms with van der Waals surface area (Å²) in [5, 5.41) is 8.96. The Morgan fingerprint density at radius 3 is 1.75 bits per heavy atom. The van der Waals surface area contributed by atoms with E-state index in [1.54, 1.807) is 12.1 Å². The number of hydrogen-bond acceptors (Lipinski definition) is 5. The molecule has 0 bridgehead atoms. The zero-order chi connectivity index (χ0) is 35.6. The Hall–Kier alpha value is -4.73. The number of nitrogens with zero attached hydrogens (tertiary/aromatic N) is 2. The molecule has 4 aromatic rings. The number of nitrogens with one attached hydrogen (secondary N) is 1. The summed E-state index contributed by atoms with van der Waals surface area (Å²) in [5.74, 6) is -14.4. The van der Waals surface area contributed by atoms with E-state index in [9.17, 15) is 44.3 Å². The molecule has 2 amide bonds. The molecule has 0 aliphatic rings. The lowest BCUT2D eigenvalue weighted by atomic mass is 9.87. The topological polar surface area (TPSA) is 107 Å². The normalized spacial score (nSPS) is 11.9. The first-order valence-electron chi connectivity index (χ1n) is 14.2. The summed E-state index contributed by atoms with van der Waals surface area (Å²) >= 11 is 0. The van der Waals surface area contributed by atoms with Crippen LogP contribution in [0.25, 0.3) is 0 Å². The molecule has 0 unspecified atom stereocenters. The summed E-state index contributed by atoms with van der Waals surface area (Å²) in [6.45, 7) is 3.12. The Kier molecular flexibility index (Phi) is 10.7. The Bertz CT molecular complexity index is 1900. The fourth-order valence-electron chi connectivity index (χ4n) is 4.66. The van der Waals surface area contributed by atoms with Gasteiger partial charge in [0.15, 0.2) is 23.3 Å². The molecule has 48 heavy (non-hydrogen) atoms. The Labute approximate surface area is 272 Å². The molecule has 0 atom stereocenters. The third-order valence-corrected chi connectivity index (χ3v) is 9.21. The van der Waals surface area contributed by atoms with Crippen molar-refractivity contribution in [3.05, 3.63) is 130 Å². The summed E-state index contributed by atoms with van der Waals surface area (Å²) < 4.78 is 113. The van der Waals surface area contributed by atoms with Gasteiger partial charge in [0.25, 0.3) is 5.91 Å². The van der Waals surface area contributed by atoms with Crippen LogP contribution in [0.15, 0.2) is 77.7 Å². The van der Waals surface area contributed by atoms with E-state index >= 15 is 0 Å². The molecule has 0 aromatic heterocycles. The van der Waals surface area contributed by atoms with E-state index in [0.29, 0.717) is 5.56 Å². The van der Waals surface area contributed by atoms with Crippen molar-refractivity contribution in [2.45, 2.75) is 44.2 Å². The molecular weight excluding hydrogens is 664 g/mol. The van der Waals surface area contributed by atoms with Crippen molar-refractivity contribution in [3.8, 4) is 0 Å².